The molecule has 178 valence electrons. The van der Waals surface area contributed by atoms with Crippen LogP contribution in [-0.2, 0) is 32.6 Å². The minimum absolute atomic E-state index is 0.0150. The van der Waals surface area contributed by atoms with Crippen molar-refractivity contribution in [1.29, 1.82) is 0 Å². The summed E-state index contributed by atoms with van der Waals surface area (Å²) in [6, 6.07) is 14.5. The average molecular weight is 479 g/mol. The molecule has 0 aliphatic carbocycles. The van der Waals surface area contributed by atoms with Crippen LogP contribution in [0.2, 0.25) is 0 Å². The number of nitrogens with zero attached hydrogens (tertiary/aromatic N) is 3. The van der Waals surface area contributed by atoms with Gasteiger partial charge in [0.25, 0.3) is 0 Å². The highest BCUT2D eigenvalue weighted by molar-refractivity contribution is 5.77. The maximum Gasteiger partial charge on any atom is 0.416 e. The van der Waals surface area contributed by atoms with Crippen molar-refractivity contribution in [2.45, 2.75) is 25.5 Å². The Morgan fingerprint density at radius 2 is 1.38 bits per heavy atom. The maximum atomic E-state index is 13.4. The van der Waals surface area contributed by atoms with E-state index >= 15 is 0 Å². The van der Waals surface area contributed by atoms with Crippen molar-refractivity contribution in [3.63, 3.8) is 0 Å². The molecule has 1 heterocycles. The number of aromatic nitrogens is 2. The zero-order valence-corrected chi connectivity index (χ0v) is 17.8. The van der Waals surface area contributed by atoms with Crippen LogP contribution >= 0.6 is 0 Å². The van der Waals surface area contributed by atoms with Crippen molar-refractivity contribution >= 4 is 16.7 Å². The number of hydrogen-bond donors (Lipinski definition) is 1. The molecule has 0 aliphatic heterocycles. The largest absolute Gasteiger partial charge is 0.416 e. The Kier molecular flexibility index (Phi) is 6.03. The normalized spacial score (nSPS) is 13.1. The van der Waals surface area contributed by atoms with Crippen LogP contribution in [0.1, 0.15) is 22.3 Å². The van der Waals surface area contributed by atoms with Gasteiger partial charge in [0, 0.05) is 7.05 Å². The molecule has 0 saturated heterocycles. The van der Waals surface area contributed by atoms with Gasteiger partial charge in [-0.3, -0.25) is 0 Å². The Bertz CT molecular complexity index is 1400. The van der Waals surface area contributed by atoms with Gasteiger partial charge in [-0.1, -0.05) is 30.3 Å². The lowest BCUT2D eigenvalue weighted by molar-refractivity contribution is -0.138. The molecule has 0 unspecified atom stereocenters. The van der Waals surface area contributed by atoms with Crippen molar-refractivity contribution in [3.8, 4) is 0 Å². The first kappa shape index (κ1) is 23.6. The molecule has 4 rings (SSSR count). The number of alkyl halides is 6. The molecule has 10 heteroatoms. The summed E-state index contributed by atoms with van der Waals surface area (Å²) in [7, 11) is 1.59. The van der Waals surface area contributed by atoms with Gasteiger partial charge in [-0.2, -0.15) is 26.3 Å². The fourth-order valence-corrected chi connectivity index (χ4v) is 3.69. The number of aliphatic hydroxyl groups is 1. The molecule has 0 spiro atoms. The number of aliphatic hydroxyl groups excluding tert-OH is 1. The summed E-state index contributed by atoms with van der Waals surface area (Å²) >= 11 is 0. The molecule has 0 amide bonds. The second-order valence-electron chi connectivity index (χ2n) is 7.78. The third-order valence-electron chi connectivity index (χ3n) is 5.45. The number of rotatable bonds is 4. The molecule has 4 aromatic rings. The van der Waals surface area contributed by atoms with E-state index in [9.17, 15) is 31.4 Å². The van der Waals surface area contributed by atoms with Gasteiger partial charge in [-0.15, -0.1) is 0 Å². The highest BCUT2D eigenvalue weighted by Crippen LogP contribution is 2.32. The lowest BCUT2D eigenvalue weighted by Crippen LogP contribution is -2.24. The molecule has 0 saturated carbocycles. The van der Waals surface area contributed by atoms with Gasteiger partial charge in [-0.05, 0) is 47.5 Å². The first-order chi connectivity index (χ1) is 16.0. The Morgan fingerprint density at radius 1 is 0.765 bits per heavy atom. The maximum absolute atomic E-state index is 13.4. The molecule has 1 aromatic heterocycles. The standard InChI is InChI=1S/C24H19F6N3O/c1-32-20-10-9-18(24(28,29)30)12-21(20)33(13-15-5-7-16(14-34)8-6-15)22(32)31-19-4-2-3-17(11-19)23(25,26)27/h2-12,34H,13-14H2,1H3. The van der Waals surface area contributed by atoms with E-state index in [1.807, 2.05) is 0 Å². The number of aryl methyl sites for hydroxylation is 1. The van der Waals surface area contributed by atoms with Crippen LogP contribution in [0, 0.1) is 0 Å². The lowest BCUT2D eigenvalue weighted by atomic mass is 10.1. The van der Waals surface area contributed by atoms with E-state index in [0.717, 1.165) is 24.3 Å². The van der Waals surface area contributed by atoms with Gasteiger partial charge >= 0.3 is 12.4 Å². The van der Waals surface area contributed by atoms with Gasteiger partial charge in [0.05, 0.1) is 41.0 Å². The quantitative estimate of drug-likeness (QED) is 0.370. The Balaban J connectivity index is 1.95. The lowest BCUT2D eigenvalue weighted by Gasteiger charge is -2.09. The van der Waals surface area contributed by atoms with Crippen molar-refractivity contribution in [3.05, 3.63) is 94.6 Å². The first-order valence-electron chi connectivity index (χ1n) is 10.1. The van der Waals surface area contributed by atoms with Gasteiger partial charge in [0.15, 0.2) is 0 Å². The van der Waals surface area contributed by atoms with Crippen molar-refractivity contribution in [2.75, 3.05) is 0 Å². The number of halogens is 6. The third-order valence-corrected chi connectivity index (χ3v) is 5.45. The Morgan fingerprint density at radius 3 is 2.00 bits per heavy atom. The van der Waals surface area contributed by atoms with Crippen LogP contribution < -0.4 is 5.62 Å². The predicted octanol–water partition coefficient (Wildman–Crippen LogP) is 5.79. The van der Waals surface area contributed by atoms with E-state index in [4.69, 9.17) is 0 Å². The van der Waals surface area contributed by atoms with Gasteiger partial charge in [0.1, 0.15) is 0 Å². The molecular formula is C24H19F6N3O. The van der Waals surface area contributed by atoms with Crippen LogP contribution in [0.3, 0.4) is 0 Å². The minimum Gasteiger partial charge on any atom is -0.392 e. The smallest absolute Gasteiger partial charge is 0.392 e. The van der Waals surface area contributed by atoms with Crippen LogP contribution in [-0.4, -0.2) is 14.2 Å². The van der Waals surface area contributed by atoms with Crippen molar-refractivity contribution in [1.82, 2.24) is 9.13 Å². The second kappa shape index (κ2) is 8.68. The van der Waals surface area contributed by atoms with E-state index < -0.39 is 23.5 Å². The van der Waals surface area contributed by atoms with E-state index in [1.165, 1.54) is 27.3 Å². The van der Waals surface area contributed by atoms with Crippen LogP contribution in [0.5, 0.6) is 0 Å². The molecule has 1 N–H and O–H groups in total. The molecule has 34 heavy (non-hydrogen) atoms. The zero-order valence-electron chi connectivity index (χ0n) is 17.8. The summed E-state index contributed by atoms with van der Waals surface area (Å²) in [6.45, 7) is -0.0467. The number of benzene rings is 3. The second-order valence-corrected chi connectivity index (χ2v) is 7.78. The van der Waals surface area contributed by atoms with E-state index in [2.05, 4.69) is 4.99 Å². The van der Waals surface area contributed by atoms with Crippen molar-refractivity contribution in [2.24, 2.45) is 12.0 Å². The summed E-state index contributed by atoms with van der Waals surface area (Å²) in [5.74, 6) is 0. The van der Waals surface area contributed by atoms with E-state index in [-0.39, 0.29) is 30.0 Å². The monoisotopic (exact) mass is 479 g/mol. The number of fused-ring (bicyclic) bond motifs is 1. The molecule has 0 aliphatic rings. The van der Waals surface area contributed by atoms with Gasteiger partial charge in [0.2, 0.25) is 5.62 Å². The first-order valence-corrected chi connectivity index (χ1v) is 10.1. The van der Waals surface area contributed by atoms with Crippen molar-refractivity contribution < 1.29 is 31.4 Å². The molecule has 3 aromatic carbocycles. The molecular weight excluding hydrogens is 460 g/mol. The average Bonchev–Trinajstić information content (AvgIpc) is 3.04. The van der Waals surface area contributed by atoms with E-state index in [1.54, 1.807) is 31.3 Å². The summed E-state index contributed by atoms with van der Waals surface area (Å²) in [5.41, 5.74) is 0.521. The molecule has 4 nitrogen and oxygen atoms in total. The fourth-order valence-electron chi connectivity index (χ4n) is 3.69. The topological polar surface area (TPSA) is 42.5 Å². The zero-order chi connectivity index (χ0) is 24.7. The minimum atomic E-state index is -4.57. The highest BCUT2D eigenvalue weighted by Gasteiger charge is 2.32. The Hall–Kier alpha value is -3.53. The van der Waals surface area contributed by atoms with Gasteiger partial charge < -0.3 is 14.2 Å². The van der Waals surface area contributed by atoms with Crippen LogP contribution in [0.25, 0.3) is 11.0 Å². The summed E-state index contributed by atoms with van der Waals surface area (Å²) < 4.78 is 82.7. The molecule has 0 radical (unpaired) electrons. The summed E-state index contributed by atoms with van der Waals surface area (Å²) in [6.07, 6.45) is -9.13. The Labute approximate surface area is 190 Å². The summed E-state index contributed by atoms with van der Waals surface area (Å²) in [4.78, 5) is 4.38. The van der Waals surface area contributed by atoms with Gasteiger partial charge in [-0.25, -0.2) is 4.99 Å². The third kappa shape index (κ3) is 4.72. The highest BCUT2D eigenvalue weighted by atomic mass is 19.4. The number of imidazole rings is 1. The summed E-state index contributed by atoms with van der Waals surface area (Å²) in [5, 5.41) is 9.25. The number of hydrogen-bond acceptors (Lipinski definition) is 2. The SMILES string of the molecule is Cn1c(=Nc2cccc(C(F)(F)F)c2)n(Cc2ccc(CO)cc2)c2cc(C(F)(F)F)ccc21. The van der Waals surface area contributed by atoms with Crippen LogP contribution in [0.4, 0.5) is 32.0 Å². The molecule has 0 bridgehead atoms. The molecule has 0 fully saturated rings. The fraction of sp³-hybridized carbons (Fsp3) is 0.208. The van der Waals surface area contributed by atoms with E-state index in [0.29, 0.717) is 16.6 Å². The predicted molar refractivity (Wildman–Crippen MR) is 114 cm³/mol. The molecule has 0 atom stereocenters. The van der Waals surface area contributed by atoms with Crippen LogP contribution in [0.15, 0.2) is 71.7 Å².